The van der Waals surface area contributed by atoms with Crippen molar-refractivity contribution >= 4 is 76.7 Å². The van der Waals surface area contributed by atoms with Crippen molar-refractivity contribution in [2.75, 3.05) is 10.7 Å². The smallest absolute Gasteiger partial charge is 0.0693 e. The number of nitrogens with one attached hydrogen (secondary N) is 2. The Balaban J connectivity index is 1.88. The Labute approximate surface area is 229 Å². The van der Waals surface area contributed by atoms with Crippen LogP contribution in [0.5, 0.6) is 0 Å². The summed E-state index contributed by atoms with van der Waals surface area (Å²) >= 11 is 7.24. The highest BCUT2D eigenvalue weighted by Gasteiger charge is 2.18. The van der Waals surface area contributed by atoms with Gasteiger partial charge in [0.25, 0.3) is 0 Å². The molecule has 5 heterocycles. The van der Waals surface area contributed by atoms with Gasteiger partial charge in [0, 0.05) is 32.7 Å². The zero-order valence-corrected chi connectivity index (χ0v) is 24.5. The molecule has 2 aliphatic rings. The molecular formula is C30H32Br2N4. The van der Waals surface area contributed by atoms with E-state index in [0.717, 1.165) is 86.8 Å². The molecule has 0 fully saturated rings. The predicted molar refractivity (Wildman–Crippen MR) is 162 cm³/mol. The van der Waals surface area contributed by atoms with E-state index in [1.807, 2.05) is 0 Å². The average molecular weight is 608 g/mol. The molecule has 0 spiro atoms. The third-order valence-corrected chi connectivity index (χ3v) is 8.32. The fraction of sp³-hybridized carbons (Fsp3) is 0.333. The van der Waals surface area contributed by atoms with E-state index in [4.69, 9.17) is 9.97 Å². The van der Waals surface area contributed by atoms with Crippen molar-refractivity contribution in [2.24, 2.45) is 0 Å². The van der Waals surface area contributed by atoms with Crippen LogP contribution in [0, 0.1) is 13.8 Å². The van der Waals surface area contributed by atoms with Gasteiger partial charge in [0.15, 0.2) is 0 Å². The molecule has 5 rings (SSSR count). The second kappa shape index (κ2) is 10.5. The molecule has 2 aliphatic heterocycles. The summed E-state index contributed by atoms with van der Waals surface area (Å²) in [6.45, 7) is 8.70. The molecule has 4 nitrogen and oxygen atoms in total. The Morgan fingerprint density at radius 1 is 0.722 bits per heavy atom. The Morgan fingerprint density at radius 2 is 1.50 bits per heavy atom. The number of halogens is 2. The second-order valence-electron chi connectivity index (χ2n) is 9.77. The van der Waals surface area contributed by atoms with Gasteiger partial charge >= 0.3 is 0 Å². The van der Waals surface area contributed by atoms with Gasteiger partial charge in [-0.05, 0) is 123 Å². The minimum Gasteiger partial charge on any atom is -0.355 e. The number of alkyl halides is 2. The normalized spacial score (nSPS) is 13.4. The highest BCUT2D eigenvalue weighted by molar-refractivity contribution is 9.09. The zero-order valence-electron chi connectivity index (χ0n) is 21.4. The molecule has 0 aromatic carbocycles. The van der Waals surface area contributed by atoms with E-state index in [2.05, 4.69) is 106 Å². The van der Waals surface area contributed by atoms with Crippen molar-refractivity contribution in [3.63, 3.8) is 0 Å². The molecule has 8 bridgehead atoms. The van der Waals surface area contributed by atoms with Crippen molar-refractivity contribution in [1.82, 2.24) is 19.9 Å². The molecule has 0 atom stereocenters. The quantitative estimate of drug-likeness (QED) is 0.275. The lowest BCUT2D eigenvalue weighted by Crippen LogP contribution is -1.89. The summed E-state index contributed by atoms with van der Waals surface area (Å²) in [6, 6.07) is 11.0. The molecule has 0 saturated heterocycles. The van der Waals surface area contributed by atoms with Gasteiger partial charge in [0.1, 0.15) is 0 Å². The number of aromatic nitrogens is 4. The van der Waals surface area contributed by atoms with E-state index < -0.39 is 0 Å². The van der Waals surface area contributed by atoms with Gasteiger partial charge in [-0.2, -0.15) is 0 Å². The molecule has 3 aromatic heterocycles. The standard InChI is InChI=1S/C30H32Br2N4/c1-17-11-22-14-27-19(3)23(7-5-9-31)29(35-27)16-30-24(8-6-10-32)20(4)28(36-30)15-26-18(2)12-21(34-26)13-25(17)33-22/h11-16,33,35H,5-10H2,1-4H3. The number of nitrogens with zero attached hydrogens (tertiary/aromatic N) is 2. The first kappa shape index (κ1) is 25.2. The van der Waals surface area contributed by atoms with E-state index in [1.54, 1.807) is 0 Å². The molecule has 2 N–H and O–H groups in total. The second-order valence-corrected chi connectivity index (χ2v) is 11.4. The van der Waals surface area contributed by atoms with Crippen molar-refractivity contribution in [3.05, 3.63) is 69.8 Å². The lowest BCUT2D eigenvalue weighted by atomic mass is 10.0. The van der Waals surface area contributed by atoms with Gasteiger partial charge in [-0.25, -0.2) is 9.97 Å². The summed E-state index contributed by atoms with van der Waals surface area (Å²) in [5, 5.41) is 1.97. The average Bonchev–Trinajstić information content (AvgIpc) is 3.53. The van der Waals surface area contributed by atoms with Crippen LogP contribution >= 0.6 is 31.9 Å². The lowest BCUT2D eigenvalue weighted by molar-refractivity contribution is 0.942. The highest BCUT2D eigenvalue weighted by atomic mass is 79.9. The molecule has 3 aromatic rings. The van der Waals surface area contributed by atoms with Gasteiger partial charge in [-0.3, -0.25) is 0 Å². The molecule has 6 heteroatoms. The van der Waals surface area contributed by atoms with E-state index in [-0.39, 0.29) is 0 Å². The molecular weight excluding hydrogens is 576 g/mol. The number of H-pyrrole nitrogens is 2. The molecule has 0 aliphatic carbocycles. The molecule has 0 unspecified atom stereocenters. The largest absolute Gasteiger partial charge is 0.355 e. The van der Waals surface area contributed by atoms with Gasteiger partial charge in [-0.15, -0.1) is 0 Å². The topological polar surface area (TPSA) is 57.4 Å². The summed E-state index contributed by atoms with van der Waals surface area (Å²) in [4.78, 5) is 17.4. The molecule has 186 valence electrons. The number of hydrogen-bond donors (Lipinski definition) is 2. The summed E-state index contributed by atoms with van der Waals surface area (Å²) in [5.41, 5.74) is 16.1. The monoisotopic (exact) mass is 606 g/mol. The third kappa shape index (κ3) is 4.90. The van der Waals surface area contributed by atoms with Crippen LogP contribution in [0.3, 0.4) is 0 Å². The lowest BCUT2D eigenvalue weighted by Gasteiger charge is -2.03. The van der Waals surface area contributed by atoms with Gasteiger partial charge in [-0.1, -0.05) is 31.9 Å². The van der Waals surface area contributed by atoms with Crippen LogP contribution in [0.2, 0.25) is 0 Å². The minimum absolute atomic E-state index is 0.966. The Morgan fingerprint density at radius 3 is 2.28 bits per heavy atom. The first-order valence-electron chi connectivity index (χ1n) is 12.6. The number of aromatic amines is 2. The van der Waals surface area contributed by atoms with Gasteiger partial charge < -0.3 is 9.97 Å². The Hall–Kier alpha value is -2.44. The first-order valence-corrected chi connectivity index (χ1v) is 14.8. The summed E-state index contributed by atoms with van der Waals surface area (Å²) < 4.78 is 0. The number of aryl methyl sites for hydroxylation is 3. The molecule has 0 saturated carbocycles. The number of fused-ring (bicyclic) bond motifs is 8. The molecule has 0 amide bonds. The first-order chi connectivity index (χ1) is 17.4. The predicted octanol–water partition coefficient (Wildman–Crippen LogP) is 8.93. The van der Waals surface area contributed by atoms with Crippen LogP contribution in [0.15, 0.2) is 30.3 Å². The fourth-order valence-corrected chi connectivity index (χ4v) is 5.69. The number of hydrogen-bond acceptors (Lipinski definition) is 2. The van der Waals surface area contributed by atoms with Crippen LogP contribution in [0.25, 0.3) is 44.9 Å². The maximum absolute atomic E-state index is 5.15. The van der Waals surface area contributed by atoms with Crippen LogP contribution in [0.1, 0.15) is 72.6 Å². The maximum Gasteiger partial charge on any atom is 0.0693 e. The Bertz CT molecular complexity index is 1550. The van der Waals surface area contributed by atoms with E-state index in [0.29, 0.717) is 0 Å². The van der Waals surface area contributed by atoms with Crippen LogP contribution < -0.4 is 0 Å². The fourth-order valence-electron chi connectivity index (χ4n) is 5.13. The van der Waals surface area contributed by atoms with Crippen LogP contribution in [0.4, 0.5) is 0 Å². The minimum atomic E-state index is 0.966. The highest BCUT2D eigenvalue weighted by Crippen LogP contribution is 2.35. The van der Waals surface area contributed by atoms with Crippen molar-refractivity contribution in [1.29, 1.82) is 0 Å². The number of allylic oxidation sites excluding steroid dienone is 3. The van der Waals surface area contributed by atoms with Crippen molar-refractivity contribution in [3.8, 4) is 0 Å². The maximum atomic E-state index is 5.15. The van der Waals surface area contributed by atoms with E-state index in [9.17, 15) is 0 Å². The number of rotatable bonds is 6. The summed E-state index contributed by atoms with van der Waals surface area (Å²) in [7, 11) is 0. The SMILES string of the molecule is CC1=Cc2cc3[nH]c(cc3C)cc3[nH]c(cc4nc(cc1n2)C(C)=C4CCCBr)c(CCCBr)c3C. The third-order valence-electron chi connectivity index (χ3n) is 7.20. The van der Waals surface area contributed by atoms with Crippen molar-refractivity contribution in [2.45, 2.75) is 53.4 Å². The van der Waals surface area contributed by atoms with E-state index >= 15 is 0 Å². The molecule has 0 radical (unpaired) electrons. The summed E-state index contributed by atoms with van der Waals surface area (Å²) in [5.74, 6) is 0. The van der Waals surface area contributed by atoms with Crippen molar-refractivity contribution < 1.29 is 0 Å². The molecule has 36 heavy (non-hydrogen) atoms. The van der Waals surface area contributed by atoms with Crippen LogP contribution in [-0.2, 0) is 6.42 Å². The zero-order chi connectivity index (χ0) is 25.4. The van der Waals surface area contributed by atoms with Gasteiger partial charge in [0.05, 0.1) is 22.8 Å². The van der Waals surface area contributed by atoms with Crippen LogP contribution in [-0.4, -0.2) is 30.6 Å². The van der Waals surface area contributed by atoms with Gasteiger partial charge in [0.2, 0.25) is 0 Å². The summed E-state index contributed by atoms with van der Waals surface area (Å²) in [6.07, 6.45) is 6.34. The van der Waals surface area contributed by atoms with E-state index in [1.165, 1.54) is 27.8 Å². The Kier molecular flexibility index (Phi) is 7.36.